The second-order valence-electron chi connectivity index (χ2n) is 4.45. The summed E-state index contributed by atoms with van der Waals surface area (Å²) >= 11 is 0. The van der Waals surface area contributed by atoms with Gasteiger partial charge in [0.25, 0.3) is 5.69 Å². The van der Waals surface area contributed by atoms with E-state index < -0.39 is 4.92 Å². The highest BCUT2D eigenvalue weighted by Crippen LogP contribution is 2.29. The van der Waals surface area contributed by atoms with Gasteiger partial charge in [0.2, 0.25) is 0 Å². The number of nitro groups is 1. The topological polar surface area (TPSA) is 69.4 Å². The Hall–Kier alpha value is -2.69. The fourth-order valence-corrected chi connectivity index (χ4v) is 1.78. The molecule has 2 aromatic carbocycles. The minimum atomic E-state index is -0.465. The van der Waals surface area contributed by atoms with Gasteiger partial charge in [-0.1, -0.05) is 0 Å². The molecule has 0 atom stereocenters. The van der Waals surface area contributed by atoms with Crippen molar-refractivity contribution < 1.29 is 14.5 Å². The van der Waals surface area contributed by atoms with E-state index in [0.717, 1.165) is 17.4 Å². The molecule has 0 heterocycles. The highest BCUT2D eigenvalue weighted by atomic mass is 16.6. The van der Waals surface area contributed by atoms with Crippen molar-refractivity contribution in [2.75, 3.05) is 0 Å². The van der Waals surface area contributed by atoms with Gasteiger partial charge in [-0.2, -0.15) is 0 Å². The quantitative estimate of drug-likeness (QED) is 0.481. The number of nitro benzene ring substituents is 1. The van der Waals surface area contributed by atoms with Gasteiger partial charge in [-0.05, 0) is 49.2 Å². The molecule has 5 nitrogen and oxygen atoms in total. The van der Waals surface area contributed by atoms with Crippen molar-refractivity contribution in [1.29, 1.82) is 0 Å². The van der Waals surface area contributed by atoms with Crippen LogP contribution >= 0.6 is 0 Å². The van der Waals surface area contributed by atoms with Gasteiger partial charge in [0.15, 0.2) is 0 Å². The Labute approximate surface area is 116 Å². The Morgan fingerprint density at radius 2 is 1.85 bits per heavy atom. The number of benzene rings is 2. The van der Waals surface area contributed by atoms with E-state index in [1.54, 1.807) is 31.2 Å². The Kier molecular flexibility index (Phi) is 3.79. The number of carbonyl (C=O) groups excluding carboxylic acids is 1. The molecule has 0 aliphatic carbocycles. The van der Waals surface area contributed by atoms with Crippen LogP contribution in [0.5, 0.6) is 11.5 Å². The summed E-state index contributed by atoms with van der Waals surface area (Å²) in [5, 5.41) is 10.8. The molecule has 2 rings (SSSR count). The summed E-state index contributed by atoms with van der Waals surface area (Å²) in [6.45, 7) is 3.61. The SMILES string of the molecule is Cc1cc(Oc2cc([N+](=O)[O-])ccc2C)ccc1C=O. The van der Waals surface area contributed by atoms with E-state index in [9.17, 15) is 14.9 Å². The predicted molar refractivity (Wildman–Crippen MR) is 74.5 cm³/mol. The predicted octanol–water partition coefficient (Wildman–Crippen LogP) is 3.82. The van der Waals surface area contributed by atoms with Crippen molar-refractivity contribution in [1.82, 2.24) is 0 Å². The van der Waals surface area contributed by atoms with Crippen LogP contribution < -0.4 is 4.74 Å². The van der Waals surface area contributed by atoms with E-state index in [2.05, 4.69) is 0 Å². The minimum Gasteiger partial charge on any atom is -0.457 e. The van der Waals surface area contributed by atoms with Gasteiger partial charge < -0.3 is 4.74 Å². The number of ether oxygens (including phenoxy) is 1. The van der Waals surface area contributed by atoms with Crippen LogP contribution in [0.1, 0.15) is 21.5 Å². The lowest BCUT2D eigenvalue weighted by atomic mass is 10.1. The van der Waals surface area contributed by atoms with E-state index in [1.807, 2.05) is 6.92 Å². The summed E-state index contributed by atoms with van der Waals surface area (Å²) in [4.78, 5) is 21.1. The van der Waals surface area contributed by atoms with E-state index in [0.29, 0.717) is 17.1 Å². The summed E-state index contributed by atoms with van der Waals surface area (Å²) in [6, 6.07) is 9.50. The number of nitrogens with zero attached hydrogens (tertiary/aromatic N) is 1. The number of rotatable bonds is 4. The lowest BCUT2D eigenvalue weighted by Crippen LogP contribution is -1.93. The number of non-ortho nitro benzene ring substituents is 1. The monoisotopic (exact) mass is 271 g/mol. The highest BCUT2D eigenvalue weighted by Gasteiger charge is 2.10. The molecule has 0 saturated carbocycles. The second-order valence-corrected chi connectivity index (χ2v) is 4.45. The van der Waals surface area contributed by atoms with Crippen LogP contribution in [0.15, 0.2) is 36.4 Å². The van der Waals surface area contributed by atoms with Crippen LogP contribution in [-0.2, 0) is 0 Å². The third-order valence-electron chi connectivity index (χ3n) is 2.98. The number of hydrogen-bond donors (Lipinski definition) is 0. The Morgan fingerprint density at radius 3 is 2.45 bits per heavy atom. The summed E-state index contributed by atoms with van der Waals surface area (Å²) < 4.78 is 5.66. The average molecular weight is 271 g/mol. The number of aryl methyl sites for hydroxylation is 2. The fraction of sp³-hybridized carbons (Fsp3) is 0.133. The van der Waals surface area contributed by atoms with E-state index in [-0.39, 0.29) is 5.69 Å². The molecule has 0 saturated heterocycles. The normalized spacial score (nSPS) is 10.1. The number of aldehydes is 1. The molecule has 0 aliphatic rings. The molecule has 5 heteroatoms. The second kappa shape index (κ2) is 5.52. The van der Waals surface area contributed by atoms with Crippen LogP contribution in [0.3, 0.4) is 0 Å². The molecule has 2 aromatic rings. The van der Waals surface area contributed by atoms with Crippen molar-refractivity contribution in [3.05, 3.63) is 63.2 Å². The molecule has 102 valence electrons. The molecule has 0 radical (unpaired) electrons. The largest absolute Gasteiger partial charge is 0.457 e. The molecule has 0 amide bonds. The number of carbonyl (C=O) groups is 1. The molecular weight excluding hydrogens is 258 g/mol. The van der Waals surface area contributed by atoms with Crippen molar-refractivity contribution in [2.45, 2.75) is 13.8 Å². The smallest absolute Gasteiger partial charge is 0.273 e. The van der Waals surface area contributed by atoms with Gasteiger partial charge >= 0.3 is 0 Å². The zero-order valence-corrected chi connectivity index (χ0v) is 11.1. The van der Waals surface area contributed by atoms with Crippen LogP contribution in [0.2, 0.25) is 0 Å². The van der Waals surface area contributed by atoms with Crippen molar-refractivity contribution in [3.63, 3.8) is 0 Å². The lowest BCUT2D eigenvalue weighted by Gasteiger charge is -2.09. The first-order valence-corrected chi connectivity index (χ1v) is 6.00. The molecule has 0 bridgehead atoms. The van der Waals surface area contributed by atoms with Gasteiger partial charge in [0.05, 0.1) is 11.0 Å². The van der Waals surface area contributed by atoms with Gasteiger partial charge in [0, 0.05) is 11.6 Å². The minimum absolute atomic E-state index is 0.0215. The first-order valence-electron chi connectivity index (χ1n) is 6.00. The van der Waals surface area contributed by atoms with Gasteiger partial charge in [-0.25, -0.2) is 0 Å². The molecule has 0 spiro atoms. The van der Waals surface area contributed by atoms with Crippen LogP contribution in [0.4, 0.5) is 5.69 Å². The first kappa shape index (κ1) is 13.7. The van der Waals surface area contributed by atoms with Gasteiger partial charge in [-0.3, -0.25) is 14.9 Å². The molecule has 0 aromatic heterocycles. The first-order chi connectivity index (χ1) is 9.51. The maximum atomic E-state index is 10.8. The molecule has 20 heavy (non-hydrogen) atoms. The van der Waals surface area contributed by atoms with Crippen LogP contribution in [0, 0.1) is 24.0 Å². The molecule has 0 unspecified atom stereocenters. The van der Waals surface area contributed by atoms with Gasteiger partial charge in [0.1, 0.15) is 17.8 Å². The van der Waals surface area contributed by atoms with Crippen molar-refractivity contribution >= 4 is 12.0 Å². The average Bonchev–Trinajstić information content (AvgIpc) is 2.41. The van der Waals surface area contributed by atoms with Gasteiger partial charge in [-0.15, -0.1) is 0 Å². The molecule has 0 fully saturated rings. The maximum Gasteiger partial charge on any atom is 0.273 e. The maximum absolute atomic E-state index is 10.8. The molecule has 0 aliphatic heterocycles. The summed E-state index contributed by atoms with van der Waals surface area (Å²) in [5.74, 6) is 0.967. The highest BCUT2D eigenvalue weighted by molar-refractivity contribution is 5.77. The summed E-state index contributed by atoms with van der Waals surface area (Å²) in [5.41, 5.74) is 2.16. The Bertz CT molecular complexity index is 680. The third-order valence-corrected chi connectivity index (χ3v) is 2.98. The summed E-state index contributed by atoms with van der Waals surface area (Å²) in [6.07, 6.45) is 0.776. The van der Waals surface area contributed by atoms with Crippen LogP contribution in [-0.4, -0.2) is 11.2 Å². The summed E-state index contributed by atoms with van der Waals surface area (Å²) in [7, 11) is 0. The standard InChI is InChI=1S/C15H13NO4/c1-10-3-5-13(16(18)19)8-15(10)20-14-6-4-12(9-17)11(2)7-14/h3-9H,1-2H3. The zero-order chi connectivity index (χ0) is 14.7. The van der Waals surface area contributed by atoms with E-state index in [4.69, 9.17) is 4.74 Å². The van der Waals surface area contributed by atoms with Crippen LogP contribution in [0.25, 0.3) is 0 Å². The van der Waals surface area contributed by atoms with Crippen molar-refractivity contribution in [3.8, 4) is 11.5 Å². The molecule has 0 N–H and O–H groups in total. The fourth-order valence-electron chi connectivity index (χ4n) is 1.78. The van der Waals surface area contributed by atoms with Crippen molar-refractivity contribution in [2.24, 2.45) is 0 Å². The van der Waals surface area contributed by atoms with E-state index >= 15 is 0 Å². The number of hydrogen-bond acceptors (Lipinski definition) is 4. The Morgan fingerprint density at radius 1 is 1.10 bits per heavy atom. The third kappa shape index (κ3) is 2.83. The Balaban J connectivity index is 2.34. The van der Waals surface area contributed by atoms with E-state index in [1.165, 1.54) is 12.1 Å². The zero-order valence-electron chi connectivity index (χ0n) is 11.1. The lowest BCUT2D eigenvalue weighted by molar-refractivity contribution is -0.384. The molecular formula is C15H13NO4.